The summed E-state index contributed by atoms with van der Waals surface area (Å²) < 4.78 is 0. The van der Waals surface area contributed by atoms with Gasteiger partial charge >= 0.3 is 0 Å². The third-order valence-corrected chi connectivity index (χ3v) is 4.99. The normalized spacial score (nSPS) is 10.0. The minimum Gasteiger partial charge on any atom is -0.395 e. The Morgan fingerprint density at radius 1 is 0.186 bits per heavy atom. The standard InChI is InChI=1S/4C6H15NO3.3Ti/c4*8-4-1-7(2-5-9)3-6-10;;;/h4*8-10H,1-6H2;;;. The van der Waals surface area contributed by atoms with E-state index in [1.807, 2.05) is 0 Å². The minimum absolute atomic E-state index is 0. The molecule has 0 saturated heterocycles. The van der Waals surface area contributed by atoms with Crippen molar-refractivity contribution >= 4 is 0 Å². The first-order chi connectivity index (χ1) is 19.4. The Morgan fingerprint density at radius 2 is 0.256 bits per heavy atom. The molecule has 0 unspecified atom stereocenters. The van der Waals surface area contributed by atoms with Crippen molar-refractivity contribution in [3.8, 4) is 0 Å². The molecule has 16 nitrogen and oxygen atoms in total. The van der Waals surface area contributed by atoms with Gasteiger partial charge in [-0.3, -0.25) is 19.6 Å². The summed E-state index contributed by atoms with van der Waals surface area (Å²) in [5.74, 6) is 0. The van der Waals surface area contributed by atoms with Gasteiger partial charge in [0, 0.05) is 144 Å². The topological polar surface area (TPSA) is 256 Å². The summed E-state index contributed by atoms with van der Waals surface area (Å²) in [6.07, 6.45) is 0. The second-order valence-corrected chi connectivity index (χ2v) is 8.05. The van der Waals surface area contributed by atoms with E-state index in [9.17, 15) is 0 Å². The molecule has 0 bridgehead atoms. The monoisotopic (exact) mass is 740 g/mol. The molecule has 0 heterocycles. The smallest absolute Gasteiger partial charge is 0.0558 e. The molecule has 0 aliphatic rings. The van der Waals surface area contributed by atoms with E-state index in [4.69, 9.17) is 61.3 Å². The molecule has 0 aliphatic heterocycles. The Hall–Kier alpha value is 1.50. The maximum absolute atomic E-state index is 8.48. The molecule has 43 heavy (non-hydrogen) atoms. The van der Waals surface area contributed by atoms with E-state index in [-0.39, 0.29) is 144 Å². The van der Waals surface area contributed by atoms with Gasteiger partial charge in [0.05, 0.1) is 79.3 Å². The zero-order valence-electron chi connectivity index (χ0n) is 25.6. The fourth-order valence-corrected chi connectivity index (χ4v) is 3.04. The van der Waals surface area contributed by atoms with Crippen molar-refractivity contribution in [2.45, 2.75) is 0 Å². The molecule has 0 saturated carbocycles. The number of hydrogen-bond acceptors (Lipinski definition) is 16. The molecule has 0 atom stereocenters. The third kappa shape index (κ3) is 53.3. The van der Waals surface area contributed by atoms with Crippen LogP contribution < -0.4 is 0 Å². The minimum atomic E-state index is 0. The van der Waals surface area contributed by atoms with Crippen LogP contribution in [0.2, 0.25) is 0 Å². The van der Waals surface area contributed by atoms with Crippen molar-refractivity contribution in [2.75, 3.05) is 158 Å². The molecule has 0 aromatic heterocycles. The van der Waals surface area contributed by atoms with Gasteiger partial charge in [0.25, 0.3) is 0 Å². The molecule has 260 valence electrons. The molecular formula is C24H60N4O12Ti3. The van der Waals surface area contributed by atoms with Gasteiger partial charge in [0.1, 0.15) is 0 Å². The summed E-state index contributed by atoms with van der Waals surface area (Å²) in [5.41, 5.74) is 0. The first-order valence-corrected chi connectivity index (χ1v) is 13.6. The zero-order chi connectivity index (χ0) is 31.3. The molecule has 0 aliphatic carbocycles. The first-order valence-electron chi connectivity index (χ1n) is 13.6. The summed E-state index contributed by atoms with van der Waals surface area (Å²) in [6.45, 7) is 7.01. The maximum atomic E-state index is 8.48. The van der Waals surface area contributed by atoms with Gasteiger partial charge in [-0.05, 0) is 0 Å². The van der Waals surface area contributed by atoms with Crippen LogP contribution in [0.4, 0.5) is 0 Å². The quantitative estimate of drug-likeness (QED) is 0.0411. The summed E-state index contributed by atoms with van der Waals surface area (Å²) in [7, 11) is 0. The van der Waals surface area contributed by atoms with E-state index in [2.05, 4.69) is 0 Å². The zero-order valence-corrected chi connectivity index (χ0v) is 30.3. The van der Waals surface area contributed by atoms with Crippen molar-refractivity contribution in [1.29, 1.82) is 0 Å². The van der Waals surface area contributed by atoms with Crippen LogP contribution in [0.15, 0.2) is 0 Å². The second kappa shape index (κ2) is 55.9. The fraction of sp³-hybridized carbons (Fsp3) is 1.00. The molecule has 0 radical (unpaired) electrons. The van der Waals surface area contributed by atoms with Crippen LogP contribution in [-0.4, -0.2) is 239 Å². The number of hydrogen-bond donors (Lipinski definition) is 12. The predicted molar refractivity (Wildman–Crippen MR) is 151 cm³/mol. The SMILES string of the molecule is OCCN(CCO)CCO.OCCN(CCO)CCO.OCCN(CCO)CCO.OCCN(CCO)CCO.[Ti].[Ti].[Ti]. The van der Waals surface area contributed by atoms with Gasteiger partial charge in [0.2, 0.25) is 0 Å². The van der Waals surface area contributed by atoms with Crippen molar-refractivity contribution < 1.29 is 126 Å². The predicted octanol–water partition coefficient (Wildman–Crippen LogP) is -6.95. The average molecular weight is 740 g/mol. The molecule has 12 N–H and O–H groups in total. The van der Waals surface area contributed by atoms with Crippen LogP contribution in [-0.2, 0) is 65.2 Å². The van der Waals surface area contributed by atoms with Gasteiger partial charge in [0.15, 0.2) is 0 Å². The van der Waals surface area contributed by atoms with E-state index in [0.29, 0.717) is 78.5 Å². The summed E-state index contributed by atoms with van der Waals surface area (Å²) in [6, 6.07) is 0. The number of nitrogens with zero attached hydrogens (tertiary/aromatic N) is 4. The average Bonchev–Trinajstić information content (AvgIpc) is 2.92. The van der Waals surface area contributed by atoms with Gasteiger partial charge < -0.3 is 61.3 Å². The molecule has 0 rings (SSSR count). The Morgan fingerprint density at radius 3 is 0.302 bits per heavy atom. The van der Waals surface area contributed by atoms with E-state index in [1.54, 1.807) is 19.6 Å². The summed E-state index contributed by atoms with van der Waals surface area (Å²) in [4.78, 5) is 7.17. The largest absolute Gasteiger partial charge is 0.395 e. The fourth-order valence-electron chi connectivity index (χ4n) is 3.04. The van der Waals surface area contributed by atoms with E-state index >= 15 is 0 Å². The summed E-state index contributed by atoms with van der Waals surface area (Å²) >= 11 is 0. The molecule has 19 heteroatoms. The van der Waals surface area contributed by atoms with Gasteiger partial charge in [-0.15, -0.1) is 0 Å². The van der Waals surface area contributed by atoms with Gasteiger partial charge in [-0.25, -0.2) is 0 Å². The molecule has 0 spiro atoms. The Balaban J connectivity index is -0.0000000785. The van der Waals surface area contributed by atoms with E-state index in [0.717, 1.165) is 0 Å². The van der Waals surface area contributed by atoms with Gasteiger partial charge in [-0.1, -0.05) is 0 Å². The van der Waals surface area contributed by atoms with Crippen LogP contribution in [0.1, 0.15) is 0 Å². The molecule has 0 aromatic rings. The van der Waals surface area contributed by atoms with Crippen LogP contribution in [0.25, 0.3) is 0 Å². The van der Waals surface area contributed by atoms with Crippen molar-refractivity contribution in [3.05, 3.63) is 0 Å². The molecular weight excluding hydrogens is 680 g/mol. The molecule has 0 aromatic carbocycles. The Kier molecular flexibility index (Phi) is 77.8. The Bertz CT molecular complexity index is 311. The van der Waals surface area contributed by atoms with Crippen LogP contribution in [0.5, 0.6) is 0 Å². The van der Waals surface area contributed by atoms with Crippen LogP contribution in [0.3, 0.4) is 0 Å². The molecule has 0 fully saturated rings. The van der Waals surface area contributed by atoms with Crippen molar-refractivity contribution in [3.63, 3.8) is 0 Å². The van der Waals surface area contributed by atoms with Gasteiger partial charge in [-0.2, -0.15) is 0 Å². The van der Waals surface area contributed by atoms with E-state index in [1.165, 1.54) is 0 Å². The van der Waals surface area contributed by atoms with Crippen molar-refractivity contribution in [1.82, 2.24) is 19.6 Å². The van der Waals surface area contributed by atoms with E-state index < -0.39 is 0 Å². The second-order valence-electron chi connectivity index (χ2n) is 8.05. The Labute approximate surface area is 302 Å². The van der Waals surface area contributed by atoms with Crippen LogP contribution in [0, 0.1) is 0 Å². The number of aliphatic hydroxyl groups excluding tert-OH is 12. The number of aliphatic hydroxyl groups is 12. The van der Waals surface area contributed by atoms with Crippen LogP contribution >= 0.6 is 0 Å². The first kappa shape index (κ1) is 59.9. The third-order valence-electron chi connectivity index (χ3n) is 4.99. The maximum Gasteiger partial charge on any atom is 0.0558 e. The number of rotatable bonds is 24. The summed E-state index contributed by atoms with van der Waals surface area (Å²) in [5, 5.41) is 102. The van der Waals surface area contributed by atoms with Crippen molar-refractivity contribution in [2.24, 2.45) is 0 Å². The molecule has 0 amide bonds.